The van der Waals surface area contributed by atoms with E-state index in [2.05, 4.69) is 12.1 Å². The van der Waals surface area contributed by atoms with Gasteiger partial charge in [0.2, 0.25) is 12.7 Å². The molecule has 3 aliphatic rings. The van der Waals surface area contributed by atoms with Crippen LogP contribution in [0.1, 0.15) is 17.5 Å². The number of carbonyl (C=O) groups is 2. The fraction of sp³-hybridized carbons (Fsp3) is 0.417. The van der Waals surface area contributed by atoms with Crippen molar-refractivity contribution in [1.82, 2.24) is 4.90 Å². The molecule has 2 aromatic carbocycles. The maximum atomic E-state index is 13.0. The molecular formula is C24H29N3O4+2. The molecule has 0 aliphatic carbocycles. The maximum Gasteiger partial charge on any atom is 0.288 e. The highest BCUT2D eigenvalue weighted by atomic mass is 16.7. The average molecular weight is 424 g/mol. The number of ether oxygens (including phenoxy) is 2. The van der Waals surface area contributed by atoms with Gasteiger partial charge < -0.3 is 19.3 Å². The van der Waals surface area contributed by atoms with E-state index in [1.54, 1.807) is 0 Å². The minimum atomic E-state index is -0.213. The number of fused-ring (bicyclic) bond motifs is 1. The lowest BCUT2D eigenvalue weighted by atomic mass is 10.1. The second-order valence-electron chi connectivity index (χ2n) is 8.65. The zero-order valence-electron chi connectivity index (χ0n) is 17.6. The van der Waals surface area contributed by atoms with Crippen LogP contribution in [0.3, 0.4) is 0 Å². The fourth-order valence-corrected chi connectivity index (χ4v) is 4.91. The van der Waals surface area contributed by atoms with E-state index in [0.29, 0.717) is 26.2 Å². The van der Waals surface area contributed by atoms with Gasteiger partial charge in [-0.05, 0) is 30.2 Å². The minimum Gasteiger partial charge on any atom is -0.454 e. The third-order valence-corrected chi connectivity index (χ3v) is 6.69. The fourth-order valence-electron chi connectivity index (χ4n) is 4.91. The molecule has 0 aromatic heterocycles. The van der Waals surface area contributed by atoms with Gasteiger partial charge in [0.05, 0.1) is 6.42 Å². The average Bonchev–Trinajstić information content (AvgIpc) is 3.37. The summed E-state index contributed by atoms with van der Waals surface area (Å²) in [5, 5.41) is 0. The van der Waals surface area contributed by atoms with Crippen LogP contribution < -0.4 is 19.3 Å². The Balaban J connectivity index is 1.13. The number of benzene rings is 2. The molecule has 7 heteroatoms. The van der Waals surface area contributed by atoms with Crippen LogP contribution in [0.2, 0.25) is 0 Å². The van der Waals surface area contributed by atoms with Gasteiger partial charge in [0.15, 0.2) is 17.5 Å². The highest BCUT2D eigenvalue weighted by molar-refractivity contribution is 6.04. The van der Waals surface area contributed by atoms with Crippen molar-refractivity contribution in [3.8, 4) is 11.5 Å². The highest BCUT2D eigenvalue weighted by Gasteiger charge is 2.45. The van der Waals surface area contributed by atoms with E-state index in [-0.39, 0.29) is 17.9 Å². The van der Waals surface area contributed by atoms with Crippen LogP contribution in [-0.4, -0.2) is 62.3 Å². The Hall–Kier alpha value is -2.90. The summed E-state index contributed by atoms with van der Waals surface area (Å²) in [6.07, 6.45) is 1.06. The summed E-state index contributed by atoms with van der Waals surface area (Å²) in [7, 11) is 0. The quantitative estimate of drug-likeness (QED) is 0.590. The Labute approximate surface area is 182 Å². The number of rotatable bonds is 6. The summed E-state index contributed by atoms with van der Waals surface area (Å²) in [4.78, 5) is 29.7. The van der Waals surface area contributed by atoms with Gasteiger partial charge >= 0.3 is 0 Å². The van der Waals surface area contributed by atoms with Gasteiger partial charge in [-0.25, -0.2) is 0 Å². The predicted molar refractivity (Wildman–Crippen MR) is 113 cm³/mol. The number of imide groups is 1. The first-order valence-corrected chi connectivity index (χ1v) is 11.1. The molecule has 2 fully saturated rings. The summed E-state index contributed by atoms with van der Waals surface area (Å²) < 4.78 is 10.9. The first-order valence-electron chi connectivity index (χ1n) is 11.1. The molecule has 1 unspecified atom stereocenters. The smallest absolute Gasteiger partial charge is 0.288 e. The summed E-state index contributed by atoms with van der Waals surface area (Å²) in [5.74, 6) is 1.63. The van der Waals surface area contributed by atoms with Gasteiger partial charge in [0, 0.05) is 12.1 Å². The molecule has 3 heterocycles. The number of nitrogens with zero attached hydrogens (tertiary/aromatic N) is 1. The molecule has 5 rings (SSSR count). The molecule has 2 saturated heterocycles. The summed E-state index contributed by atoms with van der Waals surface area (Å²) in [6, 6.07) is 16.0. The third kappa shape index (κ3) is 4.29. The molecule has 0 spiro atoms. The normalized spacial score (nSPS) is 25.3. The number of likely N-dealkylation sites (tertiary alicyclic amines) is 1. The van der Waals surface area contributed by atoms with Crippen LogP contribution in [0.15, 0.2) is 48.5 Å². The van der Waals surface area contributed by atoms with Gasteiger partial charge in [0.25, 0.3) is 5.91 Å². The third-order valence-electron chi connectivity index (χ3n) is 6.69. The maximum absolute atomic E-state index is 13.0. The zero-order chi connectivity index (χ0) is 21.2. The number of quaternary nitrogens is 2. The van der Waals surface area contributed by atoms with Crippen molar-refractivity contribution < 1.29 is 28.9 Å². The molecular weight excluding hydrogens is 394 g/mol. The standard InChI is InChI=1S/C24H27N3O4/c28-23-15-20(24(29)27(23)9-8-18-4-2-1-3-5-18)26-12-10-25(11-13-26)16-19-6-7-21-22(14-19)31-17-30-21/h1-7,14,20H,8-13,15-17H2/p+2. The van der Waals surface area contributed by atoms with Crippen LogP contribution in [0.4, 0.5) is 0 Å². The van der Waals surface area contributed by atoms with Crippen molar-refractivity contribution in [3.05, 3.63) is 59.7 Å². The van der Waals surface area contributed by atoms with Gasteiger partial charge in [0.1, 0.15) is 32.7 Å². The topological polar surface area (TPSA) is 64.7 Å². The second kappa shape index (κ2) is 8.69. The van der Waals surface area contributed by atoms with E-state index in [4.69, 9.17) is 9.47 Å². The Morgan fingerprint density at radius 1 is 0.903 bits per heavy atom. The second-order valence-corrected chi connectivity index (χ2v) is 8.65. The lowest BCUT2D eigenvalue weighted by molar-refractivity contribution is -1.02. The Bertz CT molecular complexity index is 957. The van der Waals surface area contributed by atoms with Crippen molar-refractivity contribution in [3.63, 3.8) is 0 Å². The van der Waals surface area contributed by atoms with E-state index in [0.717, 1.165) is 49.8 Å². The zero-order valence-corrected chi connectivity index (χ0v) is 17.6. The predicted octanol–water partition coefficient (Wildman–Crippen LogP) is -0.931. The van der Waals surface area contributed by atoms with E-state index in [1.807, 2.05) is 36.4 Å². The van der Waals surface area contributed by atoms with Gasteiger partial charge in [-0.15, -0.1) is 0 Å². The van der Waals surface area contributed by atoms with Crippen molar-refractivity contribution >= 4 is 11.8 Å². The summed E-state index contributed by atoms with van der Waals surface area (Å²) >= 11 is 0. The van der Waals surface area contributed by atoms with Crippen LogP contribution in [0, 0.1) is 0 Å². The molecule has 0 radical (unpaired) electrons. The Kier molecular flexibility index (Phi) is 5.61. The SMILES string of the molecule is O=C1CC([NH+]2CC[NH+](Cc3ccc4c(c3)OCO4)CC2)C(=O)N1CCc1ccccc1. The number of carbonyl (C=O) groups excluding carboxylic acids is 2. The molecule has 162 valence electrons. The largest absolute Gasteiger partial charge is 0.454 e. The van der Waals surface area contributed by atoms with Crippen LogP contribution in [0.5, 0.6) is 11.5 Å². The first-order chi connectivity index (χ1) is 15.2. The van der Waals surface area contributed by atoms with Crippen molar-refractivity contribution in [2.75, 3.05) is 39.5 Å². The minimum absolute atomic E-state index is 0.00940. The van der Waals surface area contributed by atoms with Gasteiger partial charge in [-0.1, -0.05) is 30.3 Å². The number of hydrogen-bond acceptors (Lipinski definition) is 4. The van der Waals surface area contributed by atoms with Crippen LogP contribution >= 0.6 is 0 Å². The van der Waals surface area contributed by atoms with Gasteiger partial charge in [-0.3, -0.25) is 14.5 Å². The van der Waals surface area contributed by atoms with Gasteiger partial charge in [-0.2, -0.15) is 0 Å². The van der Waals surface area contributed by atoms with Crippen LogP contribution in [0.25, 0.3) is 0 Å². The monoisotopic (exact) mass is 423 g/mol. The molecule has 1 atom stereocenters. The Morgan fingerprint density at radius 3 is 2.48 bits per heavy atom. The molecule has 31 heavy (non-hydrogen) atoms. The highest BCUT2D eigenvalue weighted by Crippen LogP contribution is 2.32. The molecule has 3 aliphatic heterocycles. The van der Waals surface area contributed by atoms with Crippen molar-refractivity contribution in [2.45, 2.75) is 25.4 Å². The number of hydrogen-bond donors (Lipinski definition) is 2. The lowest BCUT2D eigenvalue weighted by Gasteiger charge is -2.32. The van der Waals surface area contributed by atoms with E-state index in [9.17, 15) is 9.59 Å². The molecule has 0 bridgehead atoms. The van der Waals surface area contributed by atoms with Crippen molar-refractivity contribution in [2.24, 2.45) is 0 Å². The molecule has 0 saturated carbocycles. The number of amides is 2. The lowest BCUT2D eigenvalue weighted by Crippen LogP contribution is -3.29. The molecule has 2 N–H and O–H groups in total. The first kappa shape index (κ1) is 20.0. The number of nitrogens with one attached hydrogen (secondary N) is 2. The van der Waals surface area contributed by atoms with E-state index < -0.39 is 0 Å². The van der Waals surface area contributed by atoms with E-state index >= 15 is 0 Å². The van der Waals surface area contributed by atoms with E-state index in [1.165, 1.54) is 20.3 Å². The van der Waals surface area contributed by atoms with Crippen LogP contribution in [-0.2, 0) is 22.6 Å². The van der Waals surface area contributed by atoms with Crippen molar-refractivity contribution in [1.29, 1.82) is 0 Å². The molecule has 2 aromatic rings. The summed E-state index contributed by atoms with van der Waals surface area (Å²) in [6.45, 7) is 5.52. The Morgan fingerprint density at radius 2 is 1.68 bits per heavy atom. The molecule has 2 amide bonds. The molecule has 7 nitrogen and oxygen atoms in total. The number of piperazine rings is 1. The summed E-state index contributed by atoms with van der Waals surface area (Å²) in [5.41, 5.74) is 2.39.